The maximum absolute atomic E-state index is 12.5. The second-order valence-corrected chi connectivity index (χ2v) is 6.65. The molecule has 23 heavy (non-hydrogen) atoms. The molecule has 0 aliphatic carbocycles. The molecular weight excluding hydrogens is 286 g/mol. The normalized spacial score (nSPS) is 16.0. The highest BCUT2D eigenvalue weighted by atomic mass is 16.1. The minimum absolute atomic E-state index is 0.00258. The van der Waals surface area contributed by atoms with Gasteiger partial charge in [0.05, 0.1) is 0 Å². The van der Waals surface area contributed by atoms with Crippen molar-refractivity contribution in [3.05, 3.63) is 41.0 Å². The molecule has 1 aromatic carbocycles. The summed E-state index contributed by atoms with van der Waals surface area (Å²) < 4.78 is 0. The van der Waals surface area contributed by atoms with Crippen molar-refractivity contribution in [2.45, 2.75) is 40.2 Å². The Morgan fingerprint density at radius 3 is 2.74 bits per heavy atom. The van der Waals surface area contributed by atoms with E-state index < -0.39 is 0 Å². The summed E-state index contributed by atoms with van der Waals surface area (Å²) in [6.45, 7) is 11.1. The minimum Gasteiger partial charge on any atom is -0.382 e. The van der Waals surface area contributed by atoms with Crippen molar-refractivity contribution in [3.63, 3.8) is 0 Å². The summed E-state index contributed by atoms with van der Waals surface area (Å²) in [5.41, 5.74) is 4.11. The highest BCUT2D eigenvalue weighted by molar-refractivity contribution is 5.97. The summed E-state index contributed by atoms with van der Waals surface area (Å²) >= 11 is 0. The third kappa shape index (κ3) is 4.83. The van der Waals surface area contributed by atoms with Gasteiger partial charge in [0, 0.05) is 30.4 Å². The quantitative estimate of drug-likeness (QED) is 0.707. The van der Waals surface area contributed by atoms with Crippen molar-refractivity contribution in [3.8, 4) is 0 Å². The smallest absolute Gasteiger partial charge is 0.251 e. The van der Waals surface area contributed by atoms with Crippen LogP contribution in [0.15, 0.2) is 29.8 Å². The molecule has 1 atom stereocenters. The van der Waals surface area contributed by atoms with Gasteiger partial charge in [-0.05, 0) is 50.4 Å². The van der Waals surface area contributed by atoms with Crippen LogP contribution in [0.1, 0.15) is 43.1 Å². The zero-order valence-corrected chi connectivity index (χ0v) is 14.7. The first-order valence-corrected chi connectivity index (χ1v) is 8.52. The van der Waals surface area contributed by atoms with E-state index in [4.69, 9.17) is 0 Å². The summed E-state index contributed by atoms with van der Waals surface area (Å²) in [6.07, 6.45) is 3.17. The molecule has 1 aliphatic heterocycles. The molecule has 1 aromatic rings. The number of anilines is 1. The molecule has 1 amide bonds. The van der Waals surface area contributed by atoms with Crippen molar-refractivity contribution in [2.24, 2.45) is 5.92 Å². The van der Waals surface area contributed by atoms with Crippen LogP contribution in [0, 0.1) is 12.8 Å². The second kappa shape index (κ2) is 8.16. The van der Waals surface area contributed by atoms with Crippen LogP contribution in [-0.4, -0.2) is 31.6 Å². The number of nitrogens with one attached hydrogen (secondary N) is 3. The summed E-state index contributed by atoms with van der Waals surface area (Å²) in [4.78, 5) is 12.5. The lowest BCUT2D eigenvalue weighted by atomic mass is 10.0. The van der Waals surface area contributed by atoms with E-state index in [0.717, 1.165) is 36.3 Å². The van der Waals surface area contributed by atoms with E-state index in [2.05, 4.69) is 42.8 Å². The highest BCUT2D eigenvalue weighted by Gasteiger charge is 2.14. The number of carbonyl (C=O) groups excluding carboxylic acids is 1. The molecule has 1 unspecified atom stereocenters. The fourth-order valence-electron chi connectivity index (χ4n) is 2.57. The van der Waals surface area contributed by atoms with Gasteiger partial charge < -0.3 is 16.0 Å². The topological polar surface area (TPSA) is 53.2 Å². The Balaban J connectivity index is 2.03. The molecule has 1 heterocycles. The van der Waals surface area contributed by atoms with E-state index in [1.807, 2.05) is 25.1 Å². The van der Waals surface area contributed by atoms with E-state index >= 15 is 0 Å². The average molecular weight is 315 g/mol. The van der Waals surface area contributed by atoms with Crippen LogP contribution in [0.5, 0.6) is 0 Å². The van der Waals surface area contributed by atoms with Gasteiger partial charge in [0.2, 0.25) is 0 Å². The molecule has 3 N–H and O–H groups in total. The third-order valence-electron chi connectivity index (χ3n) is 4.60. The Kier molecular flexibility index (Phi) is 6.22. The number of hydrogen-bond acceptors (Lipinski definition) is 3. The van der Waals surface area contributed by atoms with Gasteiger partial charge >= 0.3 is 0 Å². The molecule has 126 valence electrons. The van der Waals surface area contributed by atoms with Crippen molar-refractivity contribution < 1.29 is 4.79 Å². The molecule has 0 saturated carbocycles. The maximum atomic E-state index is 12.5. The van der Waals surface area contributed by atoms with Crippen LogP contribution >= 0.6 is 0 Å². The highest BCUT2D eigenvalue weighted by Crippen LogP contribution is 2.21. The predicted molar refractivity (Wildman–Crippen MR) is 97.0 cm³/mol. The molecule has 1 aliphatic rings. The SMILES string of the molecule is Cc1c(NC(C)C(C)C)cccc1C(=O)NCC1=CCNCC1. The summed E-state index contributed by atoms with van der Waals surface area (Å²) in [6, 6.07) is 6.25. The van der Waals surface area contributed by atoms with Gasteiger partial charge in [-0.2, -0.15) is 0 Å². The van der Waals surface area contributed by atoms with Crippen LogP contribution in [0.4, 0.5) is 5.69 Å². The Labute approximate surface area is 139 Å². The van der Waals surface area contributed by atoms with E-state index in [1.165, 1.54) is 5.57 Å². The first-order chi connectivity index (χ1) is 11.0. The zero-order valence-electron chi connectivity index (χ0n) is 14.7. The lowest BCUT2D eigenvalue weighted by Crippen LogP contribution is -2.30. The van der Waals surface area contributed by atoms with Gasteiger partial charge in [-0.3, -0.25) is 4.79 Å². The van der Waals surface area contributed by atoms with Crippen molar-refractivity contribution in [1.29, 1.82) is 0 Å². The molecule has 0 spiro atoms. The van der Waals surface area contributed by atoms with Crippen LogP contribution < -0.4 is 16.0 Å². The zero-order chi connectivity index (χ0) is 16.8. The Hall–Kier alpha value is -1.81. The standard InChI is InChI=1S/C19H29N3O/c1-13(2)15(4)22-18-7-5-6-17(14(18)3)19(23)21-12-16-8-10-20-11-9-16/h5-8,13,15,20,22H,9-12H2,1-4H3,(H,21,23). The average Bonchev–Trinajstić information content (AvgIpc) is 2.55. The van der Waals surface area contributed by atoms with Gasteiger partial charge in [-0.25, -0.2) is 0 Å². The Morgan fingerprint density at radius 1 is 1.30 bits per heavy atom. The number of amides is 1. The molecule has 4 heteroatoms. The van der Waals surface area contributed by atoms with Gasteiger partial charge in [-0.15, -0.1) is 0 Å². The number of carbonyl (C=O) groups is 1. The second-order valence-electron chi connectivity index (χ2n) is 6.65. The Morgan fingerprint density at radius 2 is 2.09 bits per heavy atom. The first-order valence-electron chi connectivity index (χ1n) is 8.52. The fourth-order valence-corrected chi connectivity index (χ4v) is 2.57. The van der Waals surface area contributed by atoms with Gasteiger partial charge in [0.25, 0.3) is 5.91 Å². The van der Waals surface area contributed by atoms with Crippen LogP contribution in [-0.2, 0) is 0 Å². The van der Waals surface area contributed by atoms with Crippen LogP contribution in [0.2, 0.25) is 0 Å². The molecule has 0 bridgehead atoms. The summed E-state index contributed by atoms with van der Waals surface area (Å²) in [5, 5.41) is 9.84. The lowest BCUT2D eigenvalue weighted by molar-refractivity contribution is 0.0956. The minimum atomic E-state index is 0.00258. The lowest BCUT2D eigenvalue weighted by Gasteiger charge is -2.21. The first kappa shape index (κ1) is 17.5. The van der Waals surface area contributed by atoms with Crippen molar-refractivity contribution in [1.82, 2.24) is 10.6 Å². The molecule has 0 saturated heterocycles. The molecule has 0 aromatic heterocycles. The number of hydrogen-bond donors (Lipinski definition) is 3. The largest absolute Gasteiger partial charge is 0.382 e. The van der Waals surface area contributed by atoms with E-state index in [0.29, 0.717) is 18.5 Å². The predicted octanol–water partition coefficient (Wildman–Crippen LogP) is 3.10. The maximum Gasteiger partial charge on any atom is 0.251 e. The van der Waals surface area contributed by atoms with Gasteiger partial charge in [0.15, 0.2) is 0 Å². The molecular formula is C19H29N3O. The molecule has 2 rings (SSSR count). The molecule has 0 radical (unpaired) electrons. The molecule has 0 fully saturated rings. The van der Waals surface area contributed by atoms with E-state index in [-0.39, 0.29) is 5.91 Å². The fraction of sp³-hybridized carbons (Fsp3) is 0.526. The third-order valence-corrected chi connectivity index (χ3v) is 4.60. The van der Waals surface area contributed by atoms with Crippen molar-refractivity contribution in [2.75, 3.05) is 25.0 Å². The summed E-state index contributed by atoms with van der Waals surface area (Å²) in [7, 11) is 0. The van der Waals surface area contributed by atoms with E-state index in [9.17, 15) is 4.79 Å². The van der Waals surface area contributed by atoms with E-state index in [1.54, 1.807) is 0 Å². The van der Waals surface area contributed by atoms with Gasteiger partial charge in [0.1, 0.15) is 0 Å². The van der Waals surface area contributed by atoms with Crippen molar-refractivity contribution >= 4 is 11.6 Å². The monoisotopic (exact) mass is 315 g/mol. The van der Waals surface area contributed by atoms with Crippen LogP contribution in [0.3, 0.4) is 0 Å². The van der Waals surface area contributed by atoms with Crippen LogP contribution in [0.25, 0.3) is 0 Å². The number of rotatable bonds is 6. The Bertz CT molecular complexity index is 578. The molecule has 4 nitrogen and oxygen atoms in total. The number of benzene rings is 1. The summed E-state index contributed by atoms with van der Waals surface area (Å²) in [5.74, 6) is 0.543. The van der Waals surface area contributed by atoms with Gasteiger partial charge in [-0.1, -0.05) is 31.6 Å².